The maximum absolute atomic E-state index is 5.94. The zero-order valence-corrected chi connectivity index (χ0v) is 12.7. The first-order valence-corrected chi connectivity index (χ1v) is 7.47. The van der Waals surface area contributed by atoms with Gasteiger partial charge in [0.15, 0.2) is 0 Å². The molecule has 108 valence electrons. The Kier molecular flexibility index (Phi) is 5.39. The summed E-state index contributed by atoms with van der Waals surface area (Å²) in [5, 5.41) is 13.5. The van der Waals surface area contributed by atoms with Gasteiger partial charge in [-0.2, -0.15) is 4.68 Å². The fourth-order valence-electron chi connectivity index (χ4n) is 2.34. The molecule has 2 aromatic rings. The van der Waals surface area contributed by atoms with E-state index >= 15 is 0 Å². The number of benzene rings is 1. The summed E-state index contributed by atoms with van der Waals surface area (Å²) < 4.78 is 1.80. The molecule has 0 radical (unpaired) electrons. The van der Waals surface area contributed by atoms with E-state index in [2.05, 4.69) is 15.5 Å². The molecule has 7 heteroatoms. The molecule has 1 aromatic carbocycles. The van der Waals surface area contributed by atoms with Gasteiger partial charge in [0, 0.05) is 11.3 Å². The molecular weight excluding hydrogens is 294 g/mol. The lowest BCUT2D eigenvalue weighted by Gasteiger charge is -2.24. The lowest BCUT2D eigenvalue weighted by molar-refractivity contribution is 0.450. The zero-order chi connectivity index (χ0) is 13.1. The van der Waals surface area contributed by atoms with Crippen molar-refractivity contribution in [3.05, 3.63) is 30.3 Å². The van der Waals surface area contributed by atoms with Gasteiger partial charge in [0.2, 0.25) is 5.16 Å². The van der Waals surface area contributed by atoms with Crippen molar-refractivity contribution in [2.45, 2.75) is 42.1 Å². The van der Waals surface area contributed by atoms with Crippen molar-refractivity contribution in [3.8, 4) is 5.69 Å². The Morgan fingerprint density at radius 2 is 1.80 bits per heavy atom. The minimum absolute atomic E-state index is 0. The molecule has 1 aliphatic rings. The summed E-state index contributed by atoms with van der Waals surface area (Å²) in [6.07, 6.45) is 4.50. The number of rotatable bonds is 3. The molecule has 0 bridgehead atoms. The molecule has 0 unspecified atom stereocenters. The van der Waals surface area contributed by atoms with Crippen LogP contribution in [-0.4, -0.2) is 31.5 Å². The Bertz CT molecular complexity index is 525. The van der Waals surface area contributed by atoms with E-state index in [1.54, 1.807) is 16.4 Å². The van der Waals surface area contributed by atoms with Gasteiger partial charge in [0.1, 0.15) is 0 Å². The van der Waals surface area contributed by atoms with Gasteiger partial charge in [-0.15, -0.1) is 17.5 Å². The van der Waals surface area contributed by atoms with Crippen molar-refractivity contribution in [1.29, 1.82) is 0 Å². The van der Waals surface area contributed by atoms with Crippen molar-refractivity contribution in [2.75, 3.05) is 0 Å². The Hall–Kier alpha value is -1.11. The summed E-state index contributed by atoms with van der Waals surface area (Å²) in [4.78, 5) is 0. The van der Waals surface area contributed by atoms with Gasteiger partial charge in [-0.1, -0.05) is 30.0 Å². The third-order valence-corrected chi connectivity index (χ3v) is 4.70. The average molecular weight is 312 g/mol. The van der Waals surface area contributed by atoms with Gasteiger partial charge in [-0.05, 0) is 48.2 Å². The number of aromatic nitrogens is 4. The topological polar surface area (TPSA) is 69.6 Å². The molecule has 20 heavy (non-hydrogen) atoms. The highest BCUT2D eigenvalue weighted by Crippen LogP contribution is 2.32. The number of thioether (sulfide) groups is 1. The number of nitrogens with two attached hydrogens (primary N) is 1. The summed E-state index contributed by atoms with van der Waals surface area (Å²) in [5.74, 6) is 0. The van der Waals surface area contributed by atoms with E-state index in [-0.39, 0.29) is 12.4 Å². The van der Waals surface area contributed by atoms with Crippen LogP contribution in [0.4, 0.5) is 0 Å². The second-order valence-electron chi connectivity index (χ2n) is 4.86. The third kappa shape index (κ3) is 3.50. The fraction of sp³-hybridized carbons (Fsp3) is 0.462. The third-order valence-electron chi connectivity index (χ3n) is 3.43. The van der Waals surface area contributed by atoms with E-state index in [1.165, 1.54) is 0 Å². The molecule has 5 nitrogen and oxygen atoms in total. The Labute approximate surface area is 128 Å². The minimum Gasteiger partial charge on any atom is -0.328 e. The summed E-state index contributed by atoms with van der Waals surface area (Å²) in [7, 11) is 0. The van der Waals surface area contributed by atoms with Gasteiger partial charge in [0.05, 0.1) is 5.69 Å². The van der Waals surface area contributed by atoms with Crippen molar-refractivity contribution in [1.82, 2.24) is 20.2 Å². The molecule has 0 saturated heterocycles. The Morgan fingerprint density at radius 1 is 1.10 bits per heavy atom. The zero-order valence-electron chi connectivity index (χ0n) is 11.1. The smallest absolute Gasteiger partial charge is 0.214 e. The molecule has 1 heterocycles. The first-order chi connectivity index (χ1) is 9.33. The lowest BCUT2D eigenvalue weighted by atomic mass is 9.96. The maximum atomic E-state index is 5.94. The van der Waals surface area contributed by atoms with E-state index in [1.807, 2.05) is 30.3 Å². The summed E-state index contributed by atoms with van der Waals surface area (Å²) in [6, 6.07) is 10.4. The molecule has 1 fully saturated rings. The summed E-state index contributed by atoms with van der Waals surface area (Å²) >= 11 is 1.77. The molecule has 3 rings (SSSR count). The van der Waals surface area contributed by atoms with E-state index < -0.39 is 0 Å². The first-order valence-electron chi connectivity index (χ1n) is 6.59. The van der Waals surface area contributed by atoms with Gasteiger partial charge in [0.25, 0.3) is 0 Å². The van der Waals surface area contributed by atoms with E-state index in [0.29, 0.717) is 11.3 Å². The largest absolute Gasteiger partial charge is 0.328 e. The van der Waals surface area contributed by atoms with Crippen LogP contribution in [0.3, 0.4) is 0 Å². The summed E-state index contributed by atoms with van der Waals surface area (Å²) in [5.41, 5.74) is 6.94. The lowest BCUT2D eigenvalue weighted by Crippen LogP contribution is -2.27. The predicted octanol–water partition coefficient (Wildman–Crippen LogP) is 2.45. The Balaban J connectivity index is 0.00000147. The van der Waals surface area contributed by atoms with Crippen LogP contribution in [0.5, 0.6) is 0 Å². The molecule has 0 amide bonds. The van der Waals surface area contributed by atoms with E-state index in [9.17, 15) is 0 Å². The average Bonchev–Trinajstić information content (AvgIpc) is 2.90. The molecular formula is C13H18ClN5S. The van der Waals surface area contributed by atoms with Gasteiger partial charge in [-0.25, -0.2) is 0 Å². The quantitative estimate of drug-likeness (QED) is 0.943. The van der Waals surface area contributed by atoms with Crippen LogP contribution in [0.25, 0.3) is 5.69 Å². The predicted molar refractivity (Wildman–Crippen MR) is 82.5 cm³/mol. The van der Waals surface area contributed by atoms with E-state index in [4.69, 9.17) is 5.73 Å². The van der Waals surface area contributed by atoms with Crippen molar-refractivity contribution < 1.29 is 0 Å². The highest BCUT2D eigenvalue weighted by Gasteiger charge is 2.22. The molecule has 2 N–H and O–H groups in total. The highest BCUT2D eigenvalue weighted by atomic mass is 35.5. The van der Waals surface area contributed by atoms with Crippen LogP contribution in [0, 0.1) is 0 Å². The van der Waals surface area contributed by atoms with Gasteiger partial charge in [-0.3, -0.25) is 0 Å². The van der Waals surface area contributed by atoms with Gasteiger partial charge < -0.3 is 5.73 Å². The van der Waals surface area contributed by atoms with Crippen LogP contribution >= 0.6 is 24.2 Å². The number of hydrogen-bond acceptors (Lipinski definition) is 5. The van der Waals surface area contributed by atoms with Crippen LogP contribution in [-0.2, 0) is 0 Å². The Morgan fingerprint density at radius 3 is 2.50 bits per heavy atom. The molecule has 1 aliphatic carbocycles. The fourth-order valence-corrected chi connectivity index (χ4v) is 3.47. The normalized spacial score (nSPS) is 22.2. The van der Waals surface area contributed by atoms with Crippen LogP contribution < -0.4 is 5.73 Å². The number of hydrogen-bond donors (Lipinski definition) is 1. The number of nitrogens with zero attached hydrogens (tertiary/aromatic N) is 4. The maximum Gasteiger partial charge on any atom is 0.214 e. The highest BCUT2D eigenvalue weighted by molar-refractivity contribution is 7.99. The molecule has 1 aromatic heterocycles. The summed E-state index contributed by atoms with van der Waals surface area (Å²) in [6.45, 7) is 0. The molecule has 0 atom stereocenters. The second kappa shape index (κ2) is 7.06. The number of para-hydroxylation sites is 1. The first kappa shape index (κ1) is 15.3. The monoisotopic (exact) mass is 311 g/mol. The van der Waals surface area contributed by atoms with Crippen molar-refractivity contribution >= 4 is 24.2 Å². The molecule has 1 saturated carbocycles. The van der Waals surface area contributed by atoms with Crippen LogP contribution in [0.1, 0.15) is 25.7 Å². The number of tetrazole rings is 1. The number of halogens is 1. The molecule has 0 spiro atoms. The van der Waals surface area contributed by atoms with Gasteiger partial charge >= 0.3 is 0 Å². The standard InChI is InChI=1S/C13H17N5S.ClH/c14-10-6-8-12(9-7-10)19-13-15-16-17-18(13)11-4-2-1-3-5-11;/h1-5,10,12H,6-9,14H2;1H. The van der Waals surface area contributed by atoms with Crippen molar-refractivity contribution in [2.24, 2.45) is 5.73 Å². The molecule has 0 aliphatic heterocycles. The SMILES string of the molecule is Cl.NC1CCC(Sc2nnnn2-c2ccccc2)CC1. The van der Waals surface area contributed by atoms with E-state index in [0.717, 1.165) is 36.5 Å². The van der Waals surface area contributed by atoms with Crippen molar-refractivity contribution in [3.63, 3.8) is 0 Å². The van der Waals surface area contributed by atoms with Crippen LogP contribution in [0.2, 0.25) is 0 Å². The van der Waals surface area contributed by atoms with Crippen LogP contribution in [0.15, 0.2) is 35.5 Å². The minimum atomic E-state index is 0. The second-order valence-corrected chi connectivity index (χ2v) is 6.13.